The average Bonchev–Trinajstić information content (AvgIpc) is 2.98. The molecule has 166 valence electrons. The Morgan fingerprint density at radius 3 is 2.55 bits per heavy atom. The fourth-order valence-corrected chi connectivity index (χ4v) is 6.44. The van der Waals surface area contributed by atoms with E-state index in [0.717, 1.165) is 10.8 Å². The van der Waals surface area contributed by atoms with Gasteiger partial charge in [-0.15, -0.1) is 0 Å². The number of amides is 1. The summed E-state index contributed by atoms with van der Waals surface area (Å²) in [6.45, 7) is 1.49. The maximum Gasteiger partial charge on any atom is 0.327 e. The molecule has 2 saturated heterocycles. The Bertz CT molecular complexity index is 1130. The van der Waals surface area contributed by atoms with Gasteiger partial charge >= 0.3 is 5.97 Å². The Kier molecular flexibility index (Phi) is 5.98. The highest BCUT2D eigenvalue weighted by Crippen LogP contribution is 2.45. The van der Waals surface area contributed by atoms with E-state index in [1.807, 2.05) is 0 Å². The number of carbonyl (C=O) groups is 2. The van der Waals surface area contributed by atoms with E-state index in [0.29, 0.717) is 31.0 Å². The van der Waals surface area contributed by atoms with Crippen LogP contribution in [0.15, 0.2) is 41.3 Å². The van der Waals surface area contributed by atoms with Crippen molar-refractivity contribution in [2.75, 3.05) is 25.4 Å². The first-order chi connectivity index (χ1) is 14.7. The average molecular weight is 465 g/mol. The van der Waals surface area contributed by atoms with Gasteiger partial charge in [0.25, 0.3) is 0 Å². The number of rotatable bonds is 6. The summed E-state index contributed by atoms with van der Waals surface area (Å²) in [5.41, 5.74) is -0.563. The van der Waals surface area contributed by atoms with Gasteiger partial charge in [0, 0.05) is 23.4 Å². The molecule has 0 bridgehead atoms. The molecule has 2 aliphatic rings. The minimum Gasteiger partial charge on any atom is -0.480 e. The Morgan fingerprint density at radius 2 is 1.84 bits per heavy atom. The number of aliphatic carboxylic acids is 1. The van der Waals surface area contributed by atoms with Crippen LogP contribution in [0.25, 0.3) is 10.8 Å². The van der Waals surface area contributed by atoms with Gasteiger partial charge in [0.1, 0.15) is 6.04 Å². The third-order valence-corrected chi connectivity index (χ3v) is 8.53. The van der Waals surface area contributed by atoms with Gasteiger partial charge in [-0.05, 0) is 67.4 Å². The summed E-state index contributed by atoms with van der Waals surface area (Å²) < 4.78 is 25.7. The van der Waals surface area contributed by atoms with E-state index in [2.05, 4.69) is 5.32 Å². The van der Waals surface area contributed by atoms with Gasteiger partial charge < -0.3 is 15.3 Å². The van der Waals surface area contributed by atoms with Crippen LogP contribution >= 0.6 is 11.6 Å². The molecule has 2 aromatic carbocycles. The molecular weight excluding hydrogens is 440 g/mol. The fourth-order valence-electron chi connectivity index (χ4n) is 4.93. The van der Waals surface area contributed by atoms with Crippen LogP contribution in [-0.4, -0.2) is 61.7 Å². The van der Waals surface area contributed by atoms with Gasteiger partial charge in [0.2, 0.25) is 5.91 Å². The molecule has 1 unspecified atom stereocenters. The number of sulfone groups is 1. The predicted molar refractivity (Wildman–Crippen MR) is 118 cm³/mol. The van der Waals surface area contributed by atoms with Gasteiger partial charge in [-0.1, -0.05) is 23.7 Å². The molecule has 0 aliphatic carbocycles. The maximum atomic E-state index is 12.9. The first-order valence-corrected chi connectivity index (χ1v) is 12.4. The molecule has 1 spiro atoms. The first kappa shape index (κ1) is 22.0. The van der Waals surface area contributed by atoms with Crippen molar-refractivity contribution in [3.05, 3.63) is 41.4 Å². The smallest absolute Gasteiger partial charge is 0.327 e. The normalized spacial score (nSPS) is 21.1. The summed E-state index contributed by atoms with van der Waals surface area (Å²) in [7, 11) is -3.57. The summed E-state index contributed by atoms with van der Waals surface area (Å²) in [4.78, 5) is 26.3. The minimum atomic E-state index is -3.57. The van der Waals surface area contributed by atoms with E-state index in [1.165, 1.54) is 4.90 Å². The molecule has 1 amide bonds. The molecule has 31 heavy (non-hydrogen) atoms. The molecule has 9 heteroatoms. The van der Waals surface area contributed by atoms with Crippen molar-refractivity contribution < 1.29 is 23.1 Å². The molecule has 0 aromatic heterocycles. The van der Waals surface area contributed by atoms with Crippen LogP contribution in [-0.2, 0) is 19.4 Å². The van der Waals surface area contributed by atoms with Crippen LogP contribution in [0.2, 0.25) is 5.02 Å². The largest absolute Gasteiger partial charge is 0.480 e. The van der Waals surface area contributed by atoms with Gasteiger partial charge in [0.15, 0.2) is 9.84 Å². The van der Waals surface area contributed by atoms with Crippen molar-refractivity contribution in [3.8, 4) is 0 Å². The lowest BCUT2D eigenvalue weighted by molar-refractivity contribution is -0.149. The first-order valence-electron chi connectivity index (χ1n) is 10.4. The number of nitrogens with one attached hydrogen (secondary N) is 1. The van der Waals surface area contributed by atoms with E-state index in [1.54, 1.807) is 36.4 Å². The van der Waals surface area contributed by atoms with Crippen LogP contribution in [0.4, 0.5) is 0 Å². The maximum absolute atomic E-state index is 12.9. The van der Waals surface area contributed by atoms with Crippen molar-refractivity contribution in [2.24, 2.45) is 5.41 Å². The zero-order chi connectivity index (χ0) is 22.2. The molecule has 4 rings (SSSR count). The number of hydrogen-bond donors (Lipinski definition) is 2. The second-order valence-electron chi connectivity index (χ2n) is 8.44. The molecule has 2 aliphatic heterocycles. The zero-order valence-corrected chi connectivity index (χ0v) is 18.6. The standard InChI is InChI=1S/C22H25ClN2O5S/c23-17-4-2-16-13-18(5-3-15(16)12-17)31(29,30)11-1-10-25-19(26)14-22(20(25)21(27)28)6-8-24-9-7-22/h2-5,12-13,20,24H,1,6-11,14H2,(H,27,28). The van der Waals surface area contributed by atoms with Crippen molar-refractivity contribution in [3.63, 3.8) is 0 Å². The van der Waals surface area contributed by atoms with Crippen LogP contribution in [0.5, 0.6) is 0 Å². The Hall–Kier alpha value is -2.16. The summed E-state index contributed by atoms with van der Waals surface area (Å²) in [5, 5.41) is 15.3. The number of benzene rings is 2. The number of carboxylic acids is 1. The lowest BCUT2D eigenvalue weighted by atomic mass is 9.72. The van der Waals surface area contributed by atoms with Crippen LogP contribution in [0.3, 0.4) is 0 Å². The Morgan fingerprint density at radius 1 is 1.16 bits per heavy atom. The number of carbonyl (C=O) groups excluding carboxylic acids is 1. The van der Waals surface area contributed by atoms with Crippen LogP contribution < -0.4 is 5.32 Å². The number of fused-ring (bicyclic) bond motifs is 1. The zero-order valence-electron chi connectivity index (χ0n) is 17.0. The second kappa shape index (κ2) is 8.41. The van der Waals surface area contributed by atoms with E-state index in [-0.39, 0.29) is 35.9 Å². The van der Waals surface area contributed by atoms with Gasteiger partial charge in [-0.25, -0.2) is 13.2 Å². The van der Waals surface area contributed by atoms with Gasteiger partial charge in [0.05, 0.1) is 10.6 Å². The number of halogens is 1. The van der Waals surface area contributed by atoms with Crippen LogP contribution in [0.1, 0.15) is 25.7 Å². The quantitative estimate of drug-likeness (QED) is 0.681. The topological polar surface area (TPSA) is 104 Å². The molecule has 0 radical (unpaired) electrons. The molecule has 2 aromatic rings. The number of nitrogens with zero attached hydrogens (tertiary/aromatic N) is 1. The van der Waals surface area contributed by atoms with Crippen molar-refractivity contribution in [1.29, 1.82) is 0 Å². The molecular formula is C22H25ClN2O5S. The fraction of sp³-hybridized carbons (Fsp3) is 0.455. The lowest BCUT2D eigenvalue weighted by Gasteiger charge is -2.38. The summed E-state index contributed by atoms with van der Waals surface area (Å²) in [6.07, 6.45) is 1.66. The van der Waals surface area contributed by atoms with E-state index < -0.39 is 27.3 Å². The van der Waals surface area contributed by atoms with Crippen molar-refractivity contribution in [2.45, 2.75) is 36.6 Å². The Balaban J connectivity index is 1.47. The van der Waals surface area contributed by atoms with Crippen molar-refractivity contribution in [1.82, 2.24) is 10.2 Å². The molecule has 0 saturated carbocycles. The highest BCUT2D eigenvalue weighted by molar-refractivity contribution is 7.91. The van der Waals surface area contributed by atoms with Crippen LogP contribution in [0, 0.1) is 5.41 Å². The van der Waals surface area contributed by atoms with E-state index in [4.69, 9.17) is 11.6 Å². The van der Waals surface area contributed by atoms with E-state index in [9.17, 15) is 23.1 Å². The molecule has 2 heterocycles. The molecule has 2 N–H and O–H groups in total. The summed E-state index contributed by atoms with van der Waals surface area (Å²) >= 11 is 5.98. The van der Waals surface area contributed by atoms with Gasteiger partial charge in [-0.3, -0.25) is 4.79 Å². The monoisotopic (exact) mass is 464 g/mol. The number of piperidine rings is 1. The number of carboxylic acid groups (broad SMARTS) is 1. The highest BCUT2D eigenvalue weighted by Gasteiger charge is 2.55. The van der Waals surface area contributed by atoms with Crippen molar-refractivity contribution >= 4 is 44.1 Å². The molecule has 2 fully saturated rings. The number of likely N-dealkylation sites (tertiary alicyclic amines) is 1. The minimum absolute atomic E-state index is 0.118. The third-order valence-electron chi connectivity index (χ3n) is 6.49. The highest BCUT2D eigenvalue weighted by atomic mass is 35.5. The molecule has 7 nitrogen and oxygen atoms in total. The Labute approximate surface area is 186 Å². The predicted octanol–water partition coefficient (Wildman–Crippen LogP) is 2.71. The van der Waals surface area contributed by atoms with Gasteiger partial charge in [-0.2, -0.15) is 0 Å². The third kappa shape index (κ3) is 4.29. The SMILES string of the molecule is O=C(O)C1N(CCCS(=O)(=O)c2ccc3cc(Cl)ccc3c2)C(=O)CC12CCNCC2. The summed E-state index contributed by atoms with van der Waals surface area (Å²) in [6, 6.07) is 9.26. The lowest BCUT2D eigenvalue weighted by Crippen LogP contribution is -2.50. The molecule has 1 atom stereocenters. The number of hydrogen-bond acceptors (Lipinski definition) is 5. The van der Waals surface area contributed by atoms with E-state index >= 15 is 0 Å². The summed E-state index contributed by atoms with van der Waals surface area (Å²) in [5.74, 6) is -1.37. The second-order valence-corrected chi connectivity index (χ2v) is 11.0.